The zero-order valence-electron chi connectivity index (χ0n) is 10.4. The van der Waals surface area contributed by atoms with Gasteiger partial charge in [0, 0.05) is 29.8 Å². The predicted molar refractivity (Wildman–Crippen MR) is 67.6 cm³/mol. The predicted octanol–water partition coefficient (Wildman–Crippen LogP) is 0.766. The van der Waals surface area contributed by atoms with E-state index in [1.807, 2.05) is 0 Å². The Labute approximate surface area is 106 Å². The maximum Gasteiger partial charge on any atom is 0.248 e. The molecule has 1 amide bonds. The molecule has 4 N–H and O–H groups in total. The van der Waals surface area contributed by atoms with Crippen molar-refractivity contribution in [1.29, 1.82) is 0 Å². The van der Waals surface area contributed by atoms with Crippen molar-refractivity contribution in [2.24, 2.45) is 5.73 Å². The zero-order chi connectivity index (χ0) is 13.2. The molecule has 0 aromatic heterocycles. The van der Waals surface area contributed by atoms with Gasteiger partial charge in [0.25, 0.3) is 0 Å². The Morgan fingerprint density at radius 2 is 2.39 bits per heavy atom. The second-order valence-corrected chi connectivity index (χ2v) is 5.01. The monoisotopic (exact) mass is 251 g/mol. The quantitative estimate of drug-likeness (QED) is 0.740. The summed E-state index contributed by atoms with van der Waals surface area (Å²) in [6.45, 7) is 4.32. The van der Waals surface area contributed by atoms with Crippen LogP contribution in [-0.2, 0) is 6.54 Å². The van der Waals surface area contributed by atoms with Gasteiger partial charge in [-0.05, 0) is 38.1 Å². The summed E-state index contributed by atoms with van der Waals surface area (Å²) in [5.41, 5.74) is 5.97. The average molecular weight is 251 g/mol. The summed E-state index contributed by atoms with van der Waals surface area (Å²) in [6.07, 6.45) is 1.00. The highest BCUT2D eigenvalue weighted by Crippen LogP contribution is 2.16. The third kappa shape index (κ3) is 2.86. The van der Waals surface area contributed by atoms with Gasteiger partial charge < -0.3 is 16.4 Å². The lowest BCUT2D eigenvalue weighted by Crippen LogP contribution is -2.43. The molecule has 1 unspecified atom stereocenters. The van der Waals surface area contributed by atoms with E-state index in [0.717, 1.165) is 19.5 Å². The first kappa shape index (κ1) is 13.0. The van der Waals surface area contributed by atoms with E-state index in [9.17, 15) is 9.18 Å². The third-order valence-corrected chi connectivity index (χ3v) is 3.40. The number of benzene rings is 1. The number of carbonyl (C=O) groups is 1. The van der Waals surface area contributed by atoms with Gasteiger partial charge in [-0.1, -0.05) is 0 Å². The normalized spacial score (nSPS) is 23.2. The Balaban J connectivity index is 2.08. The van der Waals surface area contributed by atoms with E-state index in [2.05, 4.69) is 17.6 Å². The van der Waals surface area contributed by atoms with Crippen LogP contribution in [0.3, 0.4) is 0 Å². The topological polar surface area (TPSA) is 67.1 Å². The molecule has 1 aliphatic heterocycles. The minimum atomic E-state index is -0.537. The van der Waals surface area contributed by atoms with E-state index >= 15 is 0 Å². The summed E-state index contributed by atoms with van der Waals surface area (Å²) in [4.78, 5) is 11.1. The maximum absolute atomic E-state index is 13.6. The third-order valence-electron chi connectivity index (χ3n) is 3.40. The molecule has 5 heteroatoms. The van der Waals surface area contributed by atoms with Crippen molar-refractivity contribution in [2.45, 2.75) is 25.4 Å². The Morgan fingerprint density at radius 3 is 3.00 bits per heavy atom. The van der Waals surface area contributed by atoms with Crippen LogP contribution in [0.25, 0.3) is 0 Å². The van der Waals surface area contributed by atoms with Crippen molar-refractivity contribution in [3.8, 4) is 0 Å². The lowest BCUT2D eigenvalue weighted by molar-refractivity contribution is 0.1000. The minimum Gasteiger partial charge on any atom is -0.366 e. The van der Waals surface area contributed by atoms with E-state index < -0.39 is 5.91 Å². The minimum absolute atomic E-state index is 0.0187. The van der Waals surface area contributed by atoms with Gasteiger partial charge in [0.15, 0.2) is 0 Å². The molecule has 0 saturated carbocycles. The van der Waals surface area contributed by atoms with E-state index in [1.165, 1.54) is 18.2 Å². The second-order valence-electron chi connectivity index (χ2n) is 5.01. The van der Waals surface area contributed by atoms with Gasteiger partial charge in [-0.15, -0.1) is 0 Å². The molecule has 0 radical (unpaired) electrons. The number of halogens is 1. The Hall–Kier alpha value is -1.46. The average Bonchev–Trinajstić information content (AvgIpc) is 2.75. The molecular weight excluding hydrogens is 233 g/mol. The number of rotatable bonds is 4. The van der Waals surface area contributed by atoms with Gasteiger partial charge in [0.1, 0.15) is 5.82 Å². The fourth-order valence-electron chi connectivity index (χ4n) is 2.14. The van der Waals surface area contributed by atoms with Crippen molar-refractivity contribution >= 4 is 5.91 Å². The van der Waals surface area contributed by atoms with Crippen molar-refractivity contribution in [1.82, 2.24) is 10.6 Å². The highest BCUT2D eigenvalue weighted by Gasteiger charge is 2.27. The van der Waals surface area contributed by atoms with E-state index in [4.69, 9.17) is 5.73 Å². The molecule has 4 nitrogen and oxygen atoms in total. The van der Waals surface area contributed by atoms with Crippen LogP contribution in [0.5, 0.6) is 0 Å². The van der Waals surface area contributed by atoms with Crippen LogP contribution in [-0.4, -0.2) is 24.5 Å². The van der Waals surface area contributed by atoms with Crippen molar-refractivity contribution < 1.29 is 9.18 Å². The van der Waals surface area contributed by atoms with Crippen molar-refractivity contribution in [3.05, 3.63) is 35.1 Å². The summed E-state index contributed by atoms with van der Waals surface area (Å²) < 4.78 is 13.6. The SMILES string of the molecule is CC1(NCc2cc(C(N)=O)ccc2F)CCNC1. The molecule has 2 rings (SSSR count). The van der Waals surface area contributed by atoms with E-state index in [0.29, 0.717) is 17.7 Å². The first-order valence-electron chi connectivity index (χ1n) is 6.04. The highest BCUT2D eigenvalue weighted by atomic mass is 19.1. The Kier molecular flexibility index (Phi) is 3.63. The molecule has 18 heavy (non-hydrogen) atoms. The fraction of sp³-hybridized carbons (Fsp3) is 0.462. The van der Waals surface area contributed by atoms with Crippen LogP contribution in [0.15, 0.2) is 18.2 Å². The molecule has 98 valence electrons. The largest absolute Gasteiger partial charge is 0.366 e. The van der Waals surface area contributed by atoms with Crippen LogP contribution in [0.4, 0.5) is 4.39 Å². The molecule has 1 fully saturated rings. The Morgan fingerprint density at radius 1 is 1.61 bits per heavy atom. The van der Waals surface area contributed by atoms with Gasteiger partial charge in [-0.2, -0.15) is 0 Å². The smallest absolute Gasteiger partial charge is 0.248 e. The van der Waals surface area contributed by atoms with Crippen LogP contribution in [0.1, 0.15) is 29.3 Å². The summed E-state index contributed by atoms with van der Waals surface area (Å²) in [7, 11) is 0. The molecule has 0 spiro atoms. The summed E-state index contributed by atoms with van der Waals surface area (Å²) in [5.74, 6) is -0.855. The number of carbonyl (C=O) groups excluding carboxylic acids is 1. The first-order valence-corrected chi connectivity index (χ1v) is 6.04. The van der Waals surface area contributed by atoms with Gasteiger partial charge >= 0.3 is 0 Å². The molecule has 1 aliphatic rings. The van der Waals surface area contributed by atoms with Crippen molar-refractivity contribution in [3.63, 3.8) is 0 Å². The molecule has 1 aromatic carbocycles. The second kappa shape index (κ2) is 5.04. The van der Waals surface area contributed by atoms with Crippen LogP contribution < -0.4 is 16.4 Å². The lowest BCUT2D eigenvalue weighted by Gasteiger charge is -2.24. The zero-order valence-corrected chi connectivity index (χ0v) is 10.4. The molecular formula is C13H18FN3O. The summed E-state index contributed by atoms with van der Waals surface area (Å²) >= 11 is 0. The highest BCUT2D eigenvalue weighted by molar-refractivity contribution is 5.92. The molecule has 1 saturated heterocycles. The number of primary amides is 1. The molecule has 1 atom stereocenters. The number of hydrogen-bond donors (Lipinski definition) is 3. The van der Waals surface area contributed by atoms with Crippen LogP contribution in [0.2, 0.25) is 0 Å². The molecule has 1 heterocycles. The summed E-state index contributed by atoms with van der Waals surface area (Å²) in [6, 6.07) is 4.20. The first-order chi connectivity index (χ1) is 8.50. The van der Waals surface area contributed by atoms with Gasteiger partial charge in [-0.25, -0.2) is 4.39 Å². The van der Waals surface area contributed by atoms with E-state index in [1.54, 1.807) is 0 Å². The Bertz CT molecular complexity index is 456. The van der Waals surface area contributed by atoms with Crippen molar-refractivity contribution in [2.75, 3.05) is 13.1 Å². The number of nitrogens with two attached hydrogens (primary N) is 1. The van der Waals surface area contributed by atoms with Gasteiger partial charge in [-0.3, -0.25) is 4.79 Å². The maximum atomic E-state index is 13.6. The number of hydrogen-bond acceptors (Lipinski definition) is 3. The van der Waals surface area contributed by atoms with Gasteiger partial charge in [0.05, 0.1) is 0 Å². The van der Waals surface area contributed by atoms with Gasteiger partial charge in [0.2, 0.25) is 5.91 Å². The van der Waals surface area contributed by atoms with Crippen LogP contribution >= 0.6 is 0 Å². The van der Waals surface area contributed by atoms with E-state index in [-0.39, 0.29) is 11.4 Å². The lowest BCUT2D eigenvalue weighted by atomic mass is 10.0. The molecule has 0 aliphatic carbocycles. The number of nitrogens with one attached hydrogen (secondary N) is 2. The van der Waals surface area contributed by atoms with Crippen LogP contribution in [0, 0.1) is 5.82 Å². The standard InChI is InChI=1S/C13H18FN3O/c1-13(4-5-16-8-13)17-7-10-6-9(12(15)18)2-3-11(10)14/h2-3,6,16-17H,4-5,7-8H2,1H3,(H2,15,18). The number of amides is 1. The fourth-order valence-corrected chi connectivity index (χ4v) is 2.14. The summed E-state index contributed by atoms with van der Waals surface area (Å²) in [5, 5.41) is 6.59. The molecule has 1 aromatic rings. The molecule has 0 bridgehead atoms.